The van der Waals surface area contributed by atoms with Crippen LogP contribution < -0.4 is 5.32 Å². The van der Waals surface area contributed by atoms with Gasteiger partial charge in [0.2, 0.25) is 0 Å². The van der Waals surface area contributed by atoms with E-state index in [0.717, 1.165) is 13.1 Å². The third kappa shape index (κ3) is 2.45. The van der Waals surface area contributed by atoms with Gasteiger partial charge < -0.3 is 5.32 Å². The van der Waals surface area contributed by atoms with Crippen molar-refractivity contribution in [1.29, 1.82) is 0 Å². The second kappa shape index (κ2) is 4.41. The van der Waals surface area contributed by atoms with E-state index in [2.05, 4.69) is 17.2 Å². The molecule has 0 aliphatic carbocycles. The predicted molar refractivity (Wildman–Crippen MR) is 44.1 cm³/mol. The number of hydrogen-bond donors (Lipinski definition) is 1. The lowest BCUT2D eigenvalue weighted by Crippen LogP contribution is -2.13. The smallest absolute Gasteiger partial charge is 0.106 e. The topological polar surface area (TPSA) is 24.9 Å². The molecule has 0 saturated heterocycles. The van der Waals surface area contributed by atoms with Gasteiger partial charge in [-0.2, -0.15) is 0 Å². The summed E-state index contributed by atoms with van der Waals surface area (Å²) < 4.78 is 0. The van der Waals surface area contributed by atoms with Crippen molar-refractivity contribution in [3.05, 3.63) is 16.6 Å². The summed E-state index contributed by atoms with van der Waals surface area (Å²) >= 11 is 1.70. The van der Waals surface area contributed by atoms with Crippen molar-refractivity contribution in [2.75, 3.05) is 6.54 Å². The average molecular weight is 156 g/mol. The Morgan fingerprint density at radius 3 is 3.20 bits per heavy atom. The van der Waals surface area contributed by atoms with E-state index in [-0.39, 0.29) is 0 Å². The molecular formula is C7H12N2S. The largest absolute Gasteiger partial charge is 0.310 e. The molecule has 1 heterocycles. The fourth-order valence-corrected chi connectivity index (χ4v) is 1.30. The monoisotopic (exact) mass is 156 g/mol. The molecule has 0 unspecified atom stereocenters. The Kier molecular flexibility index (Phi) is 3.40. The highest BCUT2D eigenvalue weighted by molar-refractivity contribution is 7.09. The van der Waals surface area contributed by atoms with Gasteiger partial charge in [-0.3, -0.25) is 0 Å². The van der Waals surface area contributed by atoms with E-state index >= 15 is 0 Å². The number of hydrogen-bond acceptors (Lipinski definition) is 3. The maximum absolute atomic E-state index is 4.14. The van der Waals surface area contributed by atoms with Gasteiger partial charge in [-0.05, 0) is 13.0 Å². The quantitative estimate of drug-likeness (QED) is 0.670. The molecule has 2 nitrogen and oxygen atoms in total. The molecule has 1 rings (SSSR count). The zero-order valence-electron chi connectivity index (χ0n) is 6.13. The summed E-state index contributed by atoms with van der Waals surface area (Å²) in [6, 6.07) is 0. The summed E-state index contributed by atoms with van der Waals surface area (Å²) in [5, 5.41) is 6.46. The molecular weight excluding hydrogens is 144 g/mol. The third-order valence-electron chi connectivity index (χ3n) is 1.19. The van der Waals surface area contributed by atoms with Gasteiger partial charge in [0.1, 0.15) is 5.01 Å². The molecule has 0 spiro atoms. The van der Waals surface area contributed by atoms with Crippen LogP contribution in [0.1, 0.15) is 18.4 Å². The molecule has 0 saturated carbocycles. The molecule has 0 radical (unpaired) electrons. The Labute approximate surface area is 65.3 Å². The van der Waals surface area contributed by atoms with E-state index in [1.807, 2.05) is 11.6 Å². The van der Waals surface area contributed by atoms with Crippen LogP contribution in [-0.4, -0.2) is 11.5 Å². The maximum atomic E-state index is 4.14. The minimum atomic E-state index is 0.922. The lowest BCUT2D eigenvalue weighted by molar-refractivity contribution is 0.673. The van der Waals surface area contributed by atoms with E-state index in [0.29, 0.717) is 0 Å². The van der Waals surface area contributed by atoms with E-state index < -0.39 is 0 Å². The molecule has 0 bridgehead atoms. The lowest BCUT2D eigenvalue weighted by atomic mass is 10.5. The Balaban J connectivity index is 2.15. The standard InChI is InChI=1S/C7H12N2S/c1-2-3-8-6-7-9-4-5-10-7/h4-5,8H,2-3,6H2,1H3. The first-order chi connectivity index (χ1) is 4.93. The Morgan fingerprint density at radius 2 is 2.60 bits per heavy atom. The van der Waals surface area contributed by atoms with Gasteiger partial charge >= 0.3 is 0 Å². The molecule has 0 aliphatic heterocycles. The highest BCUT2D eigenvalue weighted by atomic mass is 32.1. The second-order valence-electron chi connectivity index (χ2n) is 2.10. The molecule has 1 N–H and O–H groups in total. The van der Waals surface area contributed by atoms with Crippen LogP contribution in [0.15, 0.2) is 11.6 Å². The van der Waals surface area contributed by atoms with Crippen LogP contribution in [0.3, 0.4) is 0 Å². The predicted octanol–water partition coefficient (Wildman–Crippen LogP) is 1.64. The molecule has 0 fully saturated rings. The van der Waals surface area contributed by atoms with E-state index in [4.69, 9.17) is 0 Å². The molecule has 0 amide bonds. The first-order valence-electron chi connectivity index (χ1n) is 3.52. The van der Waals surface area contributed by atoms with Crippen LogP contribution >= 0.6 is 11.3 Å². The maximum Gasteiger partial charge on any atom is 0.106 e. The van der Waals surface area contributed by atoms with Crippen LogP contribution in [-0.2, 0) is 6.54 Å². The molecule has 0 atom stereocenters. The fraction of sp³-hybridized carbons (Fsp3) is 0.571. The van der Waals surface area contributed by atoms with Gasteiger partial charge in [0.05, 0.1) is 0 Å². The highest BCUT2D eigenvalue weighted by Crippen LogP contribution is 2.01. The fourth-order valence-electron chi connectivity index (χ4n) is 0.712. The Bertz CT molecular complexity index is 160. The van der Waals surface area contributed by atoms with Crippen molar-refractivity contribution < 1.29 is 0 Å². The summed E-state index contributed by atoms with van der Waals surface area (Å²) in [5.74, 6) is 0. The summed E-state index contributed by atoms with van der Waals surface area (Å²) in [7, 11) is 0. The highest BCUT2D eigenvalue weighted by Gasteiger charge is 1.91. The van der Waals surface area contributed by atoms with Crippen molar-refractivity contribution in [2.45, 2.75) is 19.9 Å². The second-order valence-corrected chi connectivity index (χ2v) is 3.08. The molecule has 0 aromatic carbocycles. The SMILES string of the molecule is CCCNCc1nccs1. The molecule has 10 heavy (non-hydrogen) atoms. The first kappa shape index (κ1) is 7.69. The van der Waals surface area contributed by atoms with Crippen molar-refractivity contribution in [2.24, 2.45) is 0 Å². The average Bonchev–Trinajstić information content (AvgIpc) is 2.41. The number of rotatable bonds is 4. The van der Waals surface area contributed by atoms with Crippen LogP contribution in [0.4, 0.5) is 0 Å². The minimum Gasteiger partial charge on any atom is -0.310 e. The van der Waals surface area contributed by atoms with E-state index in [1.54, 1.807) is 11.3 Å². The van der Waals surface area contributed by atoms with E-state index in [1.165, 1.54) is 11.4 Å². The zero-order valence-corrected chi connectivity index (χ0v) is 6.95. The molecule has 56 valence electrons. The number of nitrogens with one attached hydrogen (secondary N) is 1. The third-order valence-corrected chi connectivity index (χ3v) is 1.97. The van der Waals surface area contributed by atoms with Gasteiger partial charge in [-0.25, -0.2) is 4.98 Å². The zero-order chi connectivity index (χ0) is 7.23. The van der Waals surface area contributed by atoms with Crippen molar-refractivity contribution in [3.63, 3.8) is 0 Å². The van der Waals surface area contributed by atoms with Gasteiger partial charge in [0, 0.05) is 18.1 Å². The van der Waals surface area contributed by atoms with Gasteiger partial charge in [0.15, 0.2) is 0 Å². The summed E-state index contributed by atoms with van der Waals surface area (Å²) in [5.41, 5.74) is 0. The van der Waals surface area contributed by atoms with Crippen LogP contribution in [0.5, 0.6) is 0 Å². The lowest BCUT2D eigenvalue weighted by Gasteiger charge is -1.96. The van der Waals surface area contributed by atoms with Crippen molar-refractivity contribution in [3.8, 4) is 0 Å². The molecule has 1 aromatic heterocycles. The number of aromatic nitrogens is 1. The van der Waals surface area contributed by atoms with Crippen LogP contribution in [0.2, 0.25) is 0 Å². The van der Waals surface area contributed by atoms with Gasteiger partial charge in [-0.1, -0.05) is 6.92 Å². The Morgan fingerprint density at radius 1 is 1.70 bits per heavy atom. The summed E-state index contributed by atoms with van der Waals surface area (Å²) in [6.07, 6.45) is 3.03. The molecule has 3 heteroatoms. The number of nitrogens with zero attached hydrogens (tertiary/aromatic N) is 1. The molecule has 0 aliphatic rings. The van der Waals surface area contributed by atoms with Crippen LogP contribution in [0.25, 0.3) is 0 Å². The molecule has 1 aromatic rings. The minimum absolute atomic E-state index is 0.922. The normalized spacial score (nSPS) is 10.1. The number of thiazole rings is 1. The van der Waals surface area contributed by atoms with Crippen LogP contribution in [0, 0.1) is 0 Å². The van der Waals surface area contributed by atoms with E-state index in [9.17, 15) is 0 Å². The first-order valence-corrected chi connectivity index (χ1v) is 4.40. The van der Waals surface area contributed by atoms with Gasteiger partial charge in [-0.15, -0.1) is 11.3 Å². The summed E-state index contributed by atoms with van der Waals surface area (Å²) in [4.78, 5) is 4.14. The van der Waals surface area contributed by atoms with Crippen molar-refractivity contribution >= 4 is 11.3 Å². The summed E-state index contributed by atoms with van der Waals surface area (Å²) in [6.45, 7) is 4.17. The Hall–Kier alpha value is -0.410. The van der Waals surface area contributed by atoms with Crippen molar-refractivity contribution in [1.82, 2.24) is 10.3 Å². The van der Waals surface area contributed by atoms with Gasteiger partial charge in [0.25, 0.3) is 0 Å².